The average molecular weight is 457 g/mol. The second kappa shape index (κ2) is 9.11. The van der Waals surface area contributed by atoms with Crippen LogP contribution < -0.4 is 10.1 Å². The molecule has 0 saturated heterocycles. The first kappa shape index (κ1) is 21.3. The number of aryl methyl sites for hydroxylation is 2. The Bertz CT molecular complexity index is 1350. The van der Waals surface area contributed by atoms with Crippen LogP contribution in [-0.4, -0.2) is 33.5 Å². The summed E-state index contributed by atoms with van der Waals surface area (Å²) in [4.78, 5) is 12.8. The number of carbonyl (C=O) groups is 1. The Kier molecular flexibility index (Phi) is 5.88. The van der Waals surface area contributed by atoms with E-state index >= 15 is 0 Å². The Morgan fingerprint density at radius 2 is 1.97 bits per heavy atom. The van der Waals surface area contributed by atoms with Crippen LogP contribution in [-0.2, 0) is 24.2 Å². The summed E-state index contributed by atoms with van der Waals surface area (Å²) >= 11 is 1.36. The molecule has 1 N–H and O–H groups in total. The molecule has 33 heavy (non-hydrogen) atoms. The zero-order valence-corrected chi connectivity index (χ0v) is 19.2. The van der Waals surface area contributed by atoms with Gasteiger partial charge in [0.25, 0.3) is 0 Å². The van der Waals surface area contributed by atoms with Crippen LogP contribution in [0.15, 0.2) is 72.4 Å². The highest BCUT2D eigenvalue weighted by Gasteiger charge is 2.18. The normalized spacial score (nSPS) is 12.2. The second-order valence-electron chi connectivity index (χ2n) is 7.89. The van der Waals surface area contributed by atoms with Crippen LogP contribution in [0.3, 0.4) is 0 Å². The number of anilines is 1. The molecule has 1 heterocycles. The fourth-order valence-electron chi connectivity index (χ4n) is 4.34. The Balaban J connectivity index is 1.34. The third kappa shape index (κ3) is 4.12. The van der Waals surface area contributed by atoms with Crippen molar-refractivity contribution >= 4 is 34.1 Å². The van der Waals surface area contributed by atoms with E-state index in [1.54, 1.807) is 13.2 Å². The van der Waals surface area contributed by atoms with Crippen molar-refractivity contribution in [1.82, 2.24) is 14.8 Å². The van der Waals surface area contributed by atoms with Crippen LogP contribution in [0.2, 0.25) is 0 Å². The molecule has 1 aromatic heterocycles. The van der Waals surface area contributed by atoms with Crippen LogP contribution in [0.1, 0.15) is 11.1 Å². The molecule has 1 amide bonds. The van der Waals surface area contributed by atoms with E-state index in [1.165, 1.54) is 28.3 Å². The molecule has 0 saturated carbocycles. The Labute approximate surface area is 196 Å². The van der Waals surface area contributed by atoms with Crippen molar-refractivity contribution in [3.8, 4) is 17.1 Å². The number of nitrogens with one attached hydrogen (secondary N) is 1. The molecule has 0 unspecified atom stereocenters. The zero-order chi connectivity index (χ0) is 22.8. The van der Waals surface area contributed by atoms with E-state index < -0.39 is 0 Å². The van der Waals surface area contributed by atoms with Gasteiger partial charge in [-0.25, -0.2) is 0 Å². The third-order valence-electron chi connectivity index (χ3n) is 5.84. The van der Waals surface area contributed by atoms with Crippen LogP contribution in [0.4, 0.5) is 5.69 Å². The van der Waals surface area contributed by atoms with Crippen molar-refractivity contribution in [2.24, 2.45) is 0 Å². The topological polar surface area (TPSA) is 69.0 Å². The van der Waals surface area contributed by atoms with Crippen molar-refractivity contribution in [3.05, 3.63) is 78.4 Å². The summed E-state index contributed by atoms with van der Waals surface area (Å²) in [6, 6.07) is 18.1. The third-order valence-corrected chi connectivity index (χ3v) is 6.81. The number of rotatable bonds is 8. The Hall–Kier alpha value is -3.58. The van der Waals surface area contributed by atoms with E-state index in [9.17, 15) is 4.79 Å². The van der Waals surface area contributed by atoms with Crippen molar-refractivity contribution in [1.29, 1.82) is 0 Å². The lowest BCUT2D eigenvalue weighted by Gasteiger charge is -2.11. The molecule has 1 aliphatic rings. The molecule has 0 aliphatic heterocycles. The van der Waals surface area contributed by atoms with Crippen molar-refractivity contribution in [2.75, 3.05) is 18.2 Å². The minimum absolute atomic E-state index is 0.0743. The van der Waals surface area contributed by atoms with Crippen LogP contribution in [0.25, 0.3) is 22.2 Å². The van der Waals surface area contributed by atoms with Gasteiger partial charge in [-0.3, -0.25) is 9.36 Å². The van der Waals surface area contributed by atoms with E-state index in [-0.39, 0.29) is 11.7 Å². The highest BCUT2D eigenvalue weighted by molar-refractivity contribution is 7.99. The summed E-state index contributed by atoms with van der Waals surface area (Å²) in [5, 5.41) is 14.9. The number of benzene rings is 3. The first-order chi connectivity index (χ1) is 16.2. The molecule has 6 nitrogen and oxygen atoms in total. The Morgan fingerprint density at radius 3 is 2.79 bits per heavy atom. The molecular weight excluding hydrogens is 432 g/mol. The van der Waals surface area contributed by atoms with Gasteiger partial charge in [0.15, 0.2) is 11.0 Å². The van der Waals surface area contributed by atoms with Gasteiger partial charge in [0, 0.05) is 23.2 Å². The van der Waals surface area contributed by atoms with Gasteiger partial charge in [0.05, 0.1) is 12.9 Å². The van der Waals surface area contributed by atoms with Crippen LogP contribution >= 0.6 is 11.8 Å². The molecule has 7 heteroatoms. The molecule has 0 radical (unpaired) electrons. The average Bonchev–Trinajstić information content (AvgIpc) is 3.45. The molecule has 0 atom stereocenters. The molecule has 3 aromatic carbocycles. The quantitative estimate of drug-likeness (QED) is 0.294. The maximum absolute atomic E-state index is 12.8. The van der Waals surface area contributed by atoms with E-state index in [1.807, 2.05) is 34.9 Å². The first-order valence-electron chi connectivity index (χ1n) is 10.8. The molecule has 5 rings (SSSR count). The minimum atomic E-state index is -0.0743. The summed E-state index contributed by atoms with van der Waals surface area (Å²) in [7, 11) is 1.63. The lowest BCUT2D eigenvalue weighted by Crippen LogP contribution is -2.15. The predicted molar refractivity (Wildman–Crippen MR) is 133 cm³/mol. The maximum Gasteiger partial charge on any atom is 0.234 e. The zero-order valence-electron chi connectivity index (χ0n) is 18.4. The summed E-state index contributed by atoms with van der Waals surface area (Å²) in [6.07, 6.45) is 3.92. The van der Waals surface area contributed by atoms with E-state index in [2.05, 4.69) is 46.4 Å². The predicted octanol–water partition coefficient (Wildman–Crippen LogP) is 5.12. The van der Waals surface area contributed by atoms with Crippen molar-refractivity contribution < 1.29 is 9.53 Å². The molecule has 166 valence electrons. The monoisotopic (exact) mass is 456 g/mol. The number of aromatic nitrogens is 3. The van der Waals surface area contributed by atoms with Gasteiger partial charge >= 0.3 is 0 Å². The molecule has 0 bridgehead atoms. The second-order valence-corrected chi connectivity index (χ2v) is 8.83. The molecule has 0 fully saturated rings. The van der Waals surface area contributed by atoms with E-state index in [4.69, 9.17) is 4.74 Å². The van der Waals surface area contributed by atoms with Crippen molar-refractivity contribution in [3.63, 3.8) is 0 Å². The van der Waals surface area contributed by atoms with E-state index in [0.717, 1.165) is 35.2 Å². The first-order valence-corrected chi connectivity index (χ1v) is 11.8. The number of hydrogen-bond acceptors (Lipinski definition) is 5. The van der Waals surface area contributed by atoms with Gasteiger partial charge in [-0.2, -0.15) is 0 Å². The van der Waals surface area contributed by atoms with Gasteiger partial charge in [0.1, 0.15) is 5.75 Å². The fourth-order valence-corrected chi connectivity index (χ4v) is 5.08. The number of thioether (sulfide) groups is 1. The molecule has 1 aliphatic carbocycles. The smallest absolute Gasteiger partial charge is 0.234 e. The largest absolute Gasteiger partial charge is 0.497 e. The molecular formula is C26H24N4O2S. The SMILES string of the molecule is C=CCn1c(SCC(=O)Nc2ccc3c4c(cccc24)CC3)nnc1-c1cccc(OC)c1. The lowest BCUT2D eigenvalue weighted by molar-refractivity contribution is -0.113. The van der Waals surface area contributed by atoms with Gasteiger partial charge in [-0.05, 0) is 47.6 Å². The number of nitrogens with zero attached hydrogens (tertiary/aromatic N) is 3. The number of hydrogen-bond donors (Lipinski definition) is 1. The fraction of sp³-hybridized carbons (Fsp3) is 0.192. The maximum atomic E-state index is 12.8. The van der Waals surface area contributed by atoms with Crippen LogP contribution in [0, 0.1) is 0 Å². The highest BCUT2D eigenvalue weighted by Crippen LogP contribution is 2.35. The van der Waals surface area contributed by atoms with Crippen LogP contribution in [0.5, 0.6) is 5.75 Å². The number of amides is 1. The number of allylic oxidation sites excluding steroid dienone is 1. The number of carbonyl (C=O) groups excluding carboxylic acids is 1. The van der Waals surface area contributed by atoms with Crippen molar-refractivity contribution in [2.45, 2.75) is 24.5 Å². The van der Waals surface area contributed by atoms with Gasteiger partial charge in [-0.1, -0.05) is 54.2 Å². The minimum Gasteiger partial charge on any atom is -0.497 e. The highest BCUT2D eigenvalue weighted by atomic mass is 32.2. The standard InChI is InChI=1S/C26H24N4O2S/c1-3-14-30-25(19-7-4-8-20(15-19)32-2)28-29-26(30)33-16-23(31)27-22-13-12-18-11-10-17-6-5-9-21(22)24(17)18/h3-9,12-13,15H,1,10-11,14,16H2,2H3,(H,27,31). The lowest BCUT2D eigenvalue weighted by atomic mass is 10.0. The number of methoxy groups -OCH3 is 1. The summed E-state index contributed by atoms with van der Waals surface area (Å²) < 4.78 is 7.29. The Morgan fingerprint density at radius 1 is 1.15 bits per heavy atom. The summed E-state index contributed by atoms with van der Waals surface area (Å²) in [5.74, 6) is 1.62. The molecule has 4 aromatic rings. The summed E-state index contributed by atoms with van der Waals surface area (Å²) in [6.45, 7) is 4.39. The number of ether oxygens (including phenoxy) is 1. The van der Waals surface area contributed by atoms with Gasteiger partial charge in [-0.15, -0.1) is 16.8 Å². The molecule has 0 spiro atoms. The van der Waals surface area contributed by atoms with Gasteiger partial charge in [0.2, 0.25) is 5.91 Å². The summed E-state index contributed by atoms with van der Waals surface area (Å²) in [5.41, 5.74) is 4.46. The van der Waals surface area contributed by atoms with Gasteiger partial charge < -0.3 is 10.1 Å². The van der Waals surface area contributed by atoms with E-state index in [0.29, 0.717) is 17.5 Å².